The fourth-order valence-electron chi connectivity index (χ4n) is 1.38. The van der Waals surface area contributed by atoms with Gasteiger partial charge in [-0.25, -0.2) is 9.37 Å². The average molecular weight is 325 g/mol. The Kier molecular flexibility index (Phi) is 3.75. The third-order valence-electron chi connectivity index (χ3n) is 2.20. The fraction of sp³-hybridized carbons (Fsp3) is 0.0833. The minimum atomic E-state index is -0.433. The number of rotatable bonds is 3. The highest BCUT2D eigenvalue weighted by Crippen LogP contribution is 2.28. The van der Waals surface area contributed by atoms with Crippen LogP contribution in [-0.2, 0) is 0 Å². The van der Waals surface area contributed by atoms with Gasteiger partial charge in [-0.3, -0.25) is 5.41 Å². The lowest BCUT2D eigenvalue weighted by molar-refractivity contribution is 0.433. The largest absolute Gasteiger partial charge is 0.423 e. The molecular formula is C12H10BrFN4O. The van der Waals surface area contributed by atoms with Crippen molar-refractivity contribution in [2.24, 2.45) is 5.73 Å². The SMILES string of the molecule is Cc1cc(C(=N)N)nc(Oc2cc(F)ccc2Br)n1. The van der Waals surface area contributed by atoms with E-state index < -0.39 is 5.82 Å². The highest BCUT2D eigenvalue weighted by Gasteiger charge is 2.09. The summed E-state index contributed by atoms with van der Waals surface area (Å²) in [5.74, 6) is -0.369. The van der Waals surface area contributed by atoms with E-state index in [0.29, 0.717) is 10.2 Å². The third-order valence-corrected chi connectivity index (χ3v) is 2.86. The van der Waals surface area contributed by atoms with Gasteiger partial charge in [0.25, 0.3) is 0 Å². The Morgan fingerprint density at radius 2 is 2.11 bits per heavy atom. The first kappa shape index (κ1) is 13.4. The molecule has 0 saturated carbocycles. The van der Waals surface area contributed by atoms with Crippen molar-refractivity contribution in [1.82, 2.24) is 9.97 Å². The second-order valence-electron chi connectivity index (χ2n) is 3.77. The molecule has 0 bridgehead atoms. The van der Waals surface area contributed by atoms with E-state index in [1.54, 1.807) is 13.0 Å². The summed E-state index contributed by atoms with van der Waals surface area (Å²) in [7, 11) is 0. The molecule has 98 valence electrons. The summed E-state index contributed by atoms with van der Waals surface area (Å²) in [6, 6.07) is 5.61. The molecule has 5 nitrogen and oxygen atoms in total. The summed E-state index contributed by atoms with van der Waals surface area (Å²) in [5, 5.41) is 7.35. The lowest BCUT2D eigenvalue weighted by atomic mass is 10.3. The minimum absolute atomic E-state index is 0.0106. The van der Waals surface area contributed by atoms with Crippen LogP contribution in [0.2, 0.25) is 0 Å². The van der Waals surface area contributed by atoms with Crippen LogP contribution in [0, 0.1) is 18.2 Å². The Balaban J connectivity index is 2.38. The molecule has 0 aliphatic heterocycles. The number of nitrogens with two attached hydrogens (primary N) is 1. The van der Waals surface area contributed by atoms with E-state index in [-0.39, 0.29) is 23.3 Å². The number of hydrogen-bond acceptors (Lipinski definition) is 4. The van der Waals surface area contributed by atoms with E-state index in [2.05, 4.69) is 25.9 Å². The first-order chi connectivity index (χ1) is 8.95. The van der Waals surface area contributed by atoms with Gasteiger partial charge in [-0.15, -0.1) is 0 Å². The maximum Gasteiger partial charge on any atom is 0.322 e. The van der Waals surface area contributed by atoms with Gasteiger partial charge in [0.1, 0.15) is 23.1 Å². The zero-order valence-electron chi connectivity index (χ0n) is 9.95. The number of amidine groups is 1. The van der Waals surface area contributed by atoms with E-state index in [1.807, 2.05) is 0 Å². The van der Waals surface area contributed by atoms with E-state index in [0.717, 1.165) is 0 Å². The Labute approximate surface area is 117 Å². The molecule has 0 spiro atoms. The Bertz CT molecular complexity index is 648. The van der Waals surface area contributed by atoms with Gasteiger partial charge in [0.05, 0.1) is 4.47 Å². The lowest BCUT2D eigenvalue weighted by Gasteiger charge is -2.08. The zero-order valence-corrected chi connectivity index (χ0v) is 11.5. The summed E-state index contributed by atoms with van der Waals surface area (Å²) in [5.41, 5.74) is 6.23. The number of nitrogens with one attached hydrogen (secondary N) is 1. The zero-order chi connectivity index (χ0) is 14.0. The fourth-order valence-corrected chi connectivity index (χ4v) is 1.71. The van der Waals surface area contributed by atoms with Crippen LogP contribution >= 0.6 is 15.9 Å². The molecule has 0 fully saturated rings. The quantitative estimate of drug-likeness (QED) is 0.671. The van der Waals surface area contributed by atoms with Crippen LogP contribution in [-0.4, -0.2) is 15.8 Å². The monoisotopic (exact) mass is 324 g/mol. The first-order valence-corrected chi connectivity index (χ1v) is 6.08. The number of nitrogens with zero attached hydrogens (tertiary/aromatic N) is 2. The minimum Gasteiger partial charge on any atom is -0.423 e. The highest BCUT2D eigenvalue weighted by atomic mass is 79.9. The van der Waals surface area contributed by atoms with Crippen LogP contribution in [0.1, 0.15) is 11.4 Å². The van der Waals surface area contributed by atoms with Crippen molar-refractivity contribution in [3.63, 3.8) is 0 Å². The van der Waals surface area contributed by atoms with Crippen LogP contribution in [0.4, 0.5) is 4.39 Å². The summed E-state index contributed by atoms with van der Waals surface area (Å²) in [6.07, 6.45) is 0. The summed E-state index contributed by atoms with van der Waals surface area (Å²) < 4.78 is 19.1. The average Bonchev–Trinajstić information content (AvgIpc) is 2.33. The molecule has 7 heteroatoms. The number of aryl methyl sites for hydroxylation is 1. The number of benzene rings is 1. The predicted molar refractivity (Wildman–Crippen MR) is 72.0 cm³/mol. The van der Waals surface area contributed by atoms with Crippen molar-refractivity contribution in [2.75, 3.05) is 0 Å². The van der Waals surface area contributed by atoms with Crippen molar-refractivity contribution in [3.05, 3.63) is 45.9 Å². The second kappa shape index (κ2) is 5.31. The first-order valence-electron chi connectivity index (χ1n) is 5.28. The van der Waals surface area contributed by atoms with Gasteiger partial charge in [-0.2, -0.15) is 4.98 Å². The molecule has 2 rings (SSSR count). The molecule has 0 aliphatic carbocycles. The second-order valence-corrected chi connectivity index (χ2v) is 4.62. The summed E-state index contributed by atoms with van der Waals surface area (Å²) in [4.78, 5) is 8.03. The molecule has 1 heterocycles. The highest BCUT2D eigenvalue weighted by molar-refractivity contribution is 9.10. The molecule has 2 aromatic rings. The van der Waals surface area contributed by atoms with E-state index in [9.17, 15) is 4.39 Å². The normalized spacial score (nSPS) is 10.3. The number of hydrogen-bond donors (Lipinski definition) is 2. The van der Waals surface area contributed by atoms with Gasteiger partial charge in [0, 0.05) is 11.8 Å². The Morgan fingerprint density at radius 3 is 2.79 bits per heavy atom. The van der Waals surface area contributed by atoms with Gasteiger partial charge in [0.15, 0.2) is 0 Å². The van der Waals surface area contributed by atoms with Crippen molar-refractivity contribution >= 4 is 21.8 Å². The van der Waals surface area contributed by atoms with Crippen LogP contribution in [0.3, 0.4) is 0 Å². The molecule has 0 unspecified atom stereocenters. The van der Waals surface area contributed by atoms with Gasteiger partial charge in [0.2, 0.25) is 0 Å². The number of aromatic nitrogens is 2. The summed E-state index contributed by atoms with van der Waals surface area (Å²) >= 11 is 3.24. The number of halogens is 2. The van der Waals surface area contributed by atoms with Crippen LogP contribution < -0.4 is 10.5 Å². The molecule has 0 saturated heterocycles. The molecule has 0 atom stereocenters. The lowest BCUT2D eigenvalue weighted by Crippen LogP contribution is -2.14. The maximum absolute atomic E-state index is 13.1. The number of nitrogen functional groups attached to an aromatic ring is 1. The van der Waals surface area contributed by atoms with Crippen LogP contribution in [0.25, 0.3) is 0 Å². The van der Waals surface area contributed by atoms with Crippen molar-refractivity contribution in [2.45, 2.75) is 6.92 Å². The van der Waals surface area contributed by atoms with E-state index in [4.69, 9.17) is 15.9 Å². The molecule has 1 aromatic carbocycles. The molecule has 0 aliphatic rings. The molecule has 1 aromatic heterocycles. The number of ether oxygens (including phenoxy) is 1. The molecule has 19 heavy (non-hydrogen) atoms. The van der Waals surface area contributed by atoms with Gasteiger partial charge in [-0.1, -0.05) is 0 Å². The third kappa shape index (κ3) is 3.25. The standard InChI is InChI=1S/C12H10BrFN4O/c1-6-4-9(11(15)16)18-12(17-6)19-10-5-7(14)2-3-8(10)13/h2-5H,1H3,(H3,15,16). The van der Waals surface area contributed by atoms with Crippen LogP contribution in [0.5, 0.6) is 11.8 Å². The predicted octanol–water partition coefficient (Wildman–Crippen LogP) is 2.76. The van der Waals surface area contributed by atoms with Crippen molar-refractivity contribution in [3.8, 4) is 11.8 Å². The van der Waals surface area contributed by atoms with E-state index >= 15 is 0 Å². The van der Waals surface area contributed by atoms with Gasteiger partial charge in [-0.05, 0) is 41.1 Å². The van der Waals surface area contributed by atoms with Gasteiger partial charge < -0.3 is 10.5 Å². The topological polar surface area (TPSA) is 84.9 Å². The van der Waals surface area contributed by atoms with E-state index in [1.165, 1.54) is 18.2 Å². The van der Waals surface area contributed by atoms with Gasteiger partial charge >= 0.3 is 6.01 Å². The smallest absolute Gasteiger partial charge is 0.322 e. The molecule has 3 N–H and O–H groups in total. The Hall–Kier alpha value is -2.02. The molecular weight excluding hydrogens is 315 g/mol. The van der Waals surface area contributed by atoms with Crippen molar-refractivity contribution in [1.29, 1.82) is 5.41 Å². The maximum atomic E-state index is 13.1. The summed E-state index contributed by atoms with van der Waals surface area (Å²) in [6.45, 7) is 1.72. The molecule has 0 radical (unpaired) electrons. The van der Waals surface area contributed by atoms with Crippen LogP contribution in [0.15, 0.2) is 28.7 Å². The molecule has 0 amide bonds. The Morgan fingerprint density at radius 1 is 1.37 bits per heavy atom. The van der Waals surface area contributed by atoms with Crippen molar-refractivity contribution < 1.29 is 9.13 Å².